The number of carbonyl (C=O) groups excluding carboxylic acids is 1. The maximum atomic E-state index is 13.5. The molecule has 0 saturated carbocycles. The van der Waals surface area contributed by atoms with Crippen molar-refractivity contribution in [2.24, 2.45) is 5.10 Å². The van der Waals surface area contributed by atoms with Crippen molar-refractivity contribution in [2.45, 2.75) is 6.10 Å². The van der Waals surface area contributed by atoms with Crippen LogP contribution in [-0.4, -0.2) is 67.7 Å². The molecule has 2 aliphatic rings. The van der Waals surface area contributed by atoms with E-state index < -0.39 is 6.09 Å². The van der Waals surface area contributed by atoms with Gasteiger partial charge in [-0.05, 0) is 6.07 Å². The molecule has 1 amide bonds. The average molecular weight is 307 g/mol. The van der Waals surface area contributed by atoms with Gasteiger partial charge in [0.2, 0.25) is 0 Å². The third kappa shape index (κ3) is 3.61. The van der Waals surface area contributed by atoms with Gasteiger partial charge in [-0.1, -0.05) is 18.2 Å². The molecule has 1 atom stereocenters. The molecule has 0 aromatic heterocycles. The molecule has 2 aliphatic heterocycles. The van der Waals surface area contributed by atoms with Crippen LogP contribution < -0.4 is 0 Å². The van der Waals surface area contributed by atoms with E-state index in [1.165, 1.54) is 17.3 Å². The van der Waals surface area contributed by atoms with E-state index >= 15 is 0 Å². The highest BCUT2D eigenvalue weighted by atomic mass is 19.1. The molecule has 7 heteroatoms. The normalized spacial score (nSPS) is 23.2. The van der Waals surface area contributed by atoms with Crippen molar-refractivity contribution in [3.05, 3.63) is 35.6 Å². The third-order valence-electron chi connectivity index (χ3n) is 3.66. The van der Waals surface area contributed by atoms with Crippen molar-refractivity contribution in [1.29, 1.82) is 0 Å². The predicted octanol–water partition coefficient (Wildman–Crippen LogP) is 1.31. The Bertz CT molecular complexity index is 561. The molecule has 2 fully saturated rings. The molecule has 1 aromatic rings. The van der Waals surface area contributed by atoms with Crippen LogP contribution in [0.2, 0.25) is 0 Å². The molecule has 22 heavy (non-hydrogen) atoms. The first-order chi connectivity index (χ1) is 10.7. The summed E-state index contributed by atoms with van der Waals surface area (Å²) < 4.78 is 24.1. The largest absolute Gasteiger partial charge is 0.441 e. The van der Waals surface area contributed by atoms with Crippen LogP contribution in [0.3, 0.4) is 0 Å². The van der Waals surface area contributed by atoms with E-state index in [0.29, 0.717) is 31.9 Å². The molecule has 118 valence electrons. The molecule has 6 nitrogen and oxygen atoms in total. The summed E-state index contributed by atoms with van der Waals surface area (Å²) in [4.78, 5) is 14.0. The fourth-order valence-corrected chi connectivity index (χ4v) is 2.48. The molecule has 1 unspecified atom stereocenters. The Kier molecular flexibility index (Phi) is 4.65. The van der Waals surface area contributed by atoms with Gasteiger partial charge in [0, 0.05) is 25.2 Å². The molecule has 0 aliphatic carbocycles. The molecule has 0 N–H and O–H groups in total. The second-order valence-corrected chi connectivity index (χ2v) is 5.27. The fourth-order valence-electron chi connectivity index (χ4n) is 2.48. The number of morpholine rings is 1. The van der Waals surface area contributed by atoms with Crippen LogP contribution >= 0.6 is 0 Å². The lowest BCUT2D eigenvalue weighted by Crippen LogP contribution is -2.41. The first-order valence-corrected chi connectivity index (χ1v) is 7.29. The van der Waals surface area contributed by atoms with Crippen molar-refractivity contribution in [3.8, 4) is 0 Å². The summed E-state index contributed by atoms with van der Waals surface area (Å²) in [5, 5.41) is 5.26. The predicted molar refractivity (Wildman–Crippen MR) is 78.2 cm³/mol. The summed E-state index contributed by atoms with van der Waals surface area (Å²) in [6.45, 7) is 4.13. The van der Waals surface area contributed by atoms with Crippen molar-refractivity contribution in [1.82, 2.24) is 9.91 Å². The highest BCUT2D eigenvalue weighted by Gasteiger charge is 2.32. The molecule has 2 heterocycles. The SMILES string of the molecule is O=C1OC(CN2CCOCC2)CN1/N=C/c1ccccc1F. The summed E-state index contributed by atoms with van der Waals surface area (Å²) in [6.07, 6.45) is 0.627. The lowest BCUT2D eigenvalue weighted by molar-refractivity contribution is 0.0188. The minimum atomic E-state index is -0.495. The summed E-state index contributed by atoms with van der Waals surface area (Å²) in [5.74, 6) is -0.372. The molecule has 1 aromatic carbocycles. The van der Waals surface area contributed by atoms with E-state index in [9.17, 15) is 9.18 Å². The summed E-state index contributed by atoms with van der Waals surface area (Å²) in [7, 11) is 0. The standard InChI is InChI=1S/C15H18FN3O3/c16-14-4-2-1-3-12(14)9-17-19-11-13(22-15(19)20)10-18-5-7-21-8-6-18/h1-4,9,13H,5-8,10-11H2/b17-9+. The summed E-state index contributed by atoms with van der Waals surface area (Å²) in [5.41, 5.74) is 0.340. The lowest BCUT2D eigenvalue weighted by atomic mass is 10.2. The van der Waals surface area contributed by atoms with E-state index in [2.05, 4.69) is 10.0 Å². The Balaban J connectivity index is 1.56. The number of hydrogen-bond donors (Lipinski definition) is 0. The molecule has 0 radical (unpaired) electrons. The van der Waals surface area contributed by atoms with E-state index in [1.54, 1.807) is 18.2 Å². The molecule has 0 spiro atoms. The van der Waals surface area contributed by atoms with Gasteiger partial charge in [-0.2, -0.15) is 10.1 Å². The van der Waals surface area contributed by atoms with Crippen LogP contribution in [0.25, 0.3) is 0 Å². The minimum Gasteiger partial charge on any atom is -0.441 e. The highest BCUT2D eigenvalue weighted by molar-refractivity contribution is 5.81. The third-order valence-corrected chi connectivity index (χ3v) is 3.66. The Labute approximate surface area is 128 Å². The number of nitrogens with zero attached hydrogens (tertiary/aromatic N) is 3. The number of benzene rings is 1. The zero-order chi connectivity index (χ0) is 15.4. The van der Waals surface area contributed by atoms with Crippen LogP contribution in [-0.2, 0) is 9.47 Å². The van der Waals surface area contributed by atoms with Gasteiger partial charge in [0.25, 0.3) is 0 Å². The van der Waals surface area contributed by atoms with Crippen LogP contribution in [0.1, 0.15) is 5.56 Å². The fraction of sp³-hybridized carbons (Fsp3) is 0.467. The van der Waals surface area contributed by atoms with Gasteiger partial charge in [-0.3, -0.25) is 4.90 Å². The Morgan fingerprint density at radius 3 is 2.86 bits per heavy atom. The second kappa shape index (κ2) is 6.85. The average Bonchev–Trinajstić information content (AvgIpc) is 2.87. The lowest BCUT2D eigenvalue weighted by Gasteiger charge is -2.27. The number of carbonyl (C=O) groups is 1. The molecule has 3 rings (SSSR count). The molecule has 2 saturated heterocycles. The second-order valence-electron chi connectivity index (χ2n) is 5.27. The number of cyclic esters (lactones) is 1. The van der Waals surface area contributed by atoms with Crippen LogP contribution in [0.5, 0.6) is 0 Å². The number of hydrogen-bond acceptors (Lipinski definition) is 5. The maximum absolute atomic E-state index is 13.5. The number of ether oxygens (including phenoxy) is 2. The number of rotatable bonds is 4. The van der Waals surface area contributed by atoms with Gasteiger partial charge in [0.1, 0.15) is 11.9 Å². The Morgan fingerprint density at radius 2 is 2.09 bits per heavy atom. The topological polar surface area (TPSA) is 54.4 Å². The van der Waals surface area contributed by atoms with Crippen molar-refractivity contribution >= 4 is 12.3 Å². The first-order valence-electron chi connectivity index (χ1n) is 7.29. The van der Waals surface area contributed by atoms with Crippen molar-refractivity contribution in [3.63, 3.8) is 0 Å². The zero-order valence-electron chi connectivity index (χ0n) is 12.2. The number of amides is 1. The minimum absolute atomic E-state index is 0.219. The van der Waals surface area contributed by atoms with E-state index in [0.717, 1.165) is 13.1 Å². The van der Waals surface area contributed by atoms with Gasteiger partial charge in [-0.15, -0.1) is 0 Å². The first kappa shape index (κ1) is 14.9. The van der Waals surface area contributed by atoms with Crippen LogP contribution in [0.15, 0.2) is 29.4 Å². The van der Waals surface area contributed by atoms with Crippen LogP contribution in [0.4, 0.5) is 9.18 Å². The summed E-state index contributed by atoms with van der Waals surface area (Å²) >= 11 is 0. The Morgan fingerprint density at radius 1 is 1.32 bits per heavy atom. The highest BCUT2D eigenvalue weighted by Crippen LogP contribution is 2.14. The maximum Gasteiger partial charge on any atom is 0.430 e. The molecular formula is C15H18FN3O3. The van der Waals surface area contributed by atoms with E-state index in [-0.39, 0.29) is 11.9 Å². The number of hydrazone groups is 1. The quantitative estimate of drug-likeness (QED) is 0.787. The van der Waals surface area contributed by atoms with E-state index in [1.807, 2.05) is 0 Å². The van der Waals surface area contributed by atoms with Gasteiger partial charge >= 0.3 is 6.09 Å². The number of halogens is 1. The van der Waals surface area contributed by atoms with Crippen molar-refractivity contribution < 1.29 is 18.7 Å². The molecular weight excluding hydrogens is 289 g/mol. The smallest absolute Gasteiger partial charge is 0.430 e. The van der Waals surface area contributed by atoms with Crippen molar-refractivity contribution in [2.75, 3.05) is 39.4 Å². The van der Waals surface area contributed by atoms with Gasteiger partial charge in [0.05, 0.1) is 26.0 Å². The van der Waals surface area contributed by atoms with Gasteiger partial charge < -0.3 is 9.47 Å². The summed E-state index contributed by atoms with van der Waals surface area (Å²) in [6, 6.07) is 6.28. The zero-order valence-corrected chi connectivity index (χ0v) is 12.2. The monoisotopic (exact) mass is 307 g/mol. The Hall–Kier alpha value is -1.99. The van der Waals surface area contributed by atoms with Gasteiger partial charge in [-0.25, -0.2) is 9.18 Å². The molecule has 0 bridgehead atoms. The van der Waals surface area contributed by atoms with E-state index in [4.69, 9.17) is 9.47 Å². The van der Waals surface area contributed by atoms with Crippen LogP contribution in [0, 0.1) is 5.82 Å². The van der Waals surface area contributed by atoms with Gasteiger partial charge in [0.15, 0.2) is 0 Å².